The first-order valence-electron chi connectivity index (χ1n) is 9.83. The summed E-state index contributed by atoms with van der Waals surface area (Å²) in [4.78, 5) is 38.7. The van der Waals surface area contributed by atoms with Crippen LogP contribution in [0.3, 0.4) is 0 Å². The Bertz CT molecular complexity index is 935. The second-order valence-electron chi connectivity index (χ2n) is 7.88. The monoisotopic (exact) mass is 393 g/mol. The molecule has 2 N–H and O–H groups in total. The van der Waals surface area contributed by atoms with Crippen LogP contribution < -0.4 is 10.6 Å². The van der Waals surface area contributed by atoms with Gasteiger partial charge in [0.1, 0.15) is 0 Å². The summed E-state index contributed by atoms with van der Waals surface area (Å²) in [6.45, 7) is 8.29. The number of aryl methyl sites for hydroxylation is 2. The fourth-order valence-corrected chi connectivity index (χ4v) is 3.50. The Morgan fingerprint density at radius 1 is 1.03 bits per heavy atom. The normalized spacial score (nSPS) is 16.2. The fourth-order valence-electron chi connectivity index (χ4n) is 3.50. The van der Waals surface area contributed by atoms with Crippen LogP contribution in [0.5, 0.6) is 0 Å². The van der Waals surface area contributed by atoms with E-state index >= 15 is 0 Å². The van der Waals surface area contributed by atoms with E-state index < -0.39 is 0 Å². The van der Waals surface area contributed by atoms with Crippen LogP contribution in [0.2, 0.25) is 0 Å². The molecule has 0 aromatic heterocycles. The molecule has 3 amide bonds. The molecule has 1 fully saturated rings. The van der Waals surface area contributed by atoms with Crippen LogP contribution in [0.15, 0.2) is 42.5 Å². The van der Waals surface area contributed by atoms with Crippen LogP contribution in [0.1, 0.15) is 41.8 Å². The van der Waals surface area contributed by atoms with E-state index in [4.69, 9.17) is 0 Å². The second kappa shape index (κ2) is 8.47. The van der Waals surface area contributed by atoms with Crippen molar-refractivity contribution in [2.24, 2.45) is 5.92 Å². The average Bonchev–Trinajstić information content (AvgIpc) is 3.07. The lowest BCUT2D eigenvalue weighted by atomic mass is 10.1. The summed E-state index contributed by atoms with van der Waals surface area (Å²) in [5.74, 6) is -0.714. The van der Waals surface area contributed by atoms with Gasteiger partial charge in [-0.2, -0.15) is 0 Å². The van der Waals surface area contributed by atoms with Crippen LogP contribution >= 0.6 is 0 Å². The molecule has 6 nitrogen and oxygen atoms in total. The van der Waals surface area contributed by atoms with E-state index in [0.29, 0.717) is 17.8 Å². The number of hydrogen-bond acceptors (Lipinski definition) is 3. The molecule has 3 rings (SSSR count). The number of carbonyl (C=O) groups is 3. The Morgan fingerprint density at radius 2 is 1.72 bits per heavy atom. The molecule has 1 atom stereocenters. The third kappa shape index (κ3) is 4.83. The molecule has 29 heavy (non-hydrogen) atoms. The number of carbonyl (C=O) groups excluding carboxylic acids is 3. The number of rotatable bonds is 5. The van der Waals surface area contributed by atoms with Gasteiger partial charge in [-0.05, 0) is 63.6 Å². The van der Waals surface area contributed by atoms with Crippen molar-refractivity contribution in [2.75, 3.05) is 17.2 Å². The minimum absolute atomic E-state index is 0.0126. The first-order chi connectivity index (χ1) is 13.7. The van der Waals surface area contributed by atoms with Crippen LogP contribution in [0.25, 0.3) is 0 Å². The topological polar surface area (TPSA) is 78.5 Å². The van der Waals surface area contributed by atoms with E-state index in [1.165, 1.54) is 0 Å². The summed E-state index contributed by atoms with van der Waals surface area (Å²) in [6, 6.07) is 12.7. The largest absolute Gasteiger partial charge is 0.339 e. The van der Waals surface area contributed by atoms with E-state index in [9.17, 15) is 14.4 Å². The molecule has 0 bridgehead atoms. The molecule has 2 aromatic carbocycles. The number of nitrogens with zero attached hydrogens (tertiary/aromatic N) is 1. The summed E-state index contributed by atoms with van der Waals surface area (Å²) in [6.07, 6.45) is 0.237. The smallest absolute Gasteiger partial charge is 0.255 e. The van der Waals surface area contributed by atoms with Crippen molar-refractivity contribution in [3.8, 4) is 0 Å². The molecule has 1 saturated heterocycles. The van der Waals surface area contributed by atoms with Crippen molar-refractivity contribution in [2.45, 2.75) is 40.2 Å². The van der Waals surface area contributed by atoms with Gasteiger partial charge in [0.25, 0.3) is 5.91 Å². The van der Waals surface area contributed by atoms with E-state index in [1.54, 1.807) is 29.2 Å². The molecule has 1 heterocycles. The SMILES string of the molecule is Cc1ccc(NC(=O)c2ccc(NC(=O)C3CC(=O)N(C(C)C)C3)cc2)c(C)c1. The second-order valence-corrected chi connectivity index (χ2v) is 7.88. The summed E-state index contributed by atoms with van der Waals surface area (Å²) >= 11 is 0. The van der Waals surface area contributed by atoms with Gasteiger partial charge in [0.2, 0.25) is 11.8 Å². The Kier molecular flexibility index (Phi) is 6.01. The van der Waals surface area contributed by atoms with Gasteiger partial charge < -0.3 is 15.5 Å². The third-order valence-corrected chi connectivity index (χ3v) is 5.20. The molecular weight excluding hydrogens is 366 g/mol. The highest BCUT2D eigenvalue weighted by molar-refractivity contribution is 6.05. The maximum atomic E-state index is 12.5. The number of nitrogens with one attached hydrogen (secondary N) is 2. The third-order valence-electron chi connectivity index (χ3n) is 5.20. The Labute approximate surface area is 171 Å². The van der Waals surface area contributed by atoms with Gasteiger partial charge in [-0.25, -0.2) is 0 Å². The van der Waals surface area contributed by atoms with Crippen molar-refractivity contribution in [1.82, 2.24) is 4.90 Å². The highest BCUT2D eigenvalue weighted by Crippen LogP contribution is 2.22. The summed E-state index contributed by atoms with van der Waals surface area (Å²) < 4.78 is 0. The van der Waals surface area contributed by atoms with Gasteiger partial charge in [0.15, 0.2) is 0 Å². The molecule has 1 aliphatic rings. The first-order valence-corrected chi connectivity index (χ1v) is 9.83. The van der Waals surface area contributed by atoms with Crippen molar-refractivity contribution in [3.05, 3.63) is 59.2 Å². The predicted molar refractivity (Wildman–Crippen MR) is 114 cm³/mol. The Morgan fingerprint density at radius 3 is 2.31 bits per heavy atom. The van der Waals surface area contributed by atoms with E-state index in [-0.39, 0.29) is 36.1 Å². The molecule has 0 radical (unpaired) electrons. The minimum atomic E-state index is -0.350. The molecule has 0 aliphatic carbocycles. The molecule has 6 heteroatoms. The maximum Gasteiger partial charge on any atom is 0.255 e. The van der Waals surface area contributed by atoms with Gasteiger partial charge in [-0.15, -0.1) is 0 Å². The number of likely N-dealkylation sites (tertiary alicyclic amines) is 1. The molecular formula is C23H27N3O3. The number of benzene rings is 2. The number of amides is 3. The maximum absolute atomic E-state index is 12.5. The van der Waals surface area contributed by atoms with E-state index in [2.05, 4.69) is 10.6 Å². The highest BCUT2D eigenvalue weighted by Gasteiger charge is 2.35. The first kappa shape index (κ1) is 20.6. The molecule has 2 aromatic rings. The Hall–Kier alpha value is -3.15. The zero-order chi connectivity index (χ0) is 21.1. The zero-order valence-corrected chi connectivity index (χ0v) is 17.3. The van der Waals surface area contributed by atoms with Crippen LogP contribution in [0.4, 0.5) is 11.4 Å². The zero-order valence-electron chi connectivity index (χ0n) is 17.3. The van der Waals surface area contributed by atoms with Crippen molar-refractivity contribution in [3.63, 3.8) is 0 Å². The molecule has 1 unspecified atom stereocenters. The summed E-state index contributed by atoms with van der Waals surface area (Å²) in [7, 11) is 0. The lowest BCUT2D eigenvalue weighted by molar-refractivity contribution is -0.129. The van der Waals surface area contributed by atoms with Crippen molar-refractivity contribution >= 4 is 29.1 Å². The standard InChI is InChI=1S/C23H27N3O3/c1-14(2)26-13-18(12-21(26)27)23(29)24-19-8-6-17(7-9-19)22(28)25-20-10-5-15(3)11-16(20)4/h5-11,14,18H,12-13H2,1-4H3,(H,24,29)(H,25,28). The van der Waals surface area contributed by atoms with Gasteiger partial charge in [0.05, 0.1) is 5.92 Å². The quantitative estimate of drug-likeness (QED) is 0.812. The van der Waals surface area contributed by atoms with Gasteiger partial charge in [-0.1, -0.05) is 17.7 Å². The van der Waals surface area contributed by atoms with E-state index in [1.807, 2.05) is 45.9 Å². The molecule has 0 saturated carbocycles. The minimum Gasteiger partial charge on any atom is -0.339 e. The Balaban J connectivity index is 1.60. The predicted octanol–water partition coefficient (Wildman–Crippen LogP) is 3.75. The molecule has 1 aliphatic heterocycles. The van der Waals surface area contributed by atoms with Crippen molar-refractivity contribution in [1.29, 1.82) is 0 Å². The summed E-state index contributed by atoms with van der Waals surface area (Å²) in [5, 5.41) is 5.76. The van der Waals surface area contributed by atoms with Gasteiger partial charge >= 0.3 is 0 Å². The summed E-state index contributed by atoms with van der Waals surface area (Å²) in [5.41, 5.74) is 4.03. The average molecular weight is 393 g/mol. The van der Waals surface area contributed by atoms with Gasteiger partial charge in [0, 0.05) is 35.9 Å². The van der Waals surface area contributed by atoms with Crippen LogP contribution in [-0.4, -0.2) is 35.2 Å². The lowest BCUT2D eigenvalue weighted by Gasteiger charge is -2.20. The van der Waals surface area contributed by atoms with Crippen LogP contribution in [-0.2, 0) is 9.59 Å². The molecule has 152 valence electrons. The van der Waals surface area contributed by atoms with Crippen molar-refractivity contribution < 1.29 is 14.4 Å². The highest BCUT2D eigenvalue weighted by atomic mass is 16.2. The number of hydrogen-bond donors (Lipinski definition) is 2. The molecule has 0 spiro atoms. The fraction of sp³-hybridized carbons (Fsp3) is 0.348. The van der Waals surface area contributed by atoms with Crippen LogP contribution in [0, 0.1) is 19.8 Å². The van der Waals surface area contributed by atoms with Gasteiger partial charge in [-0.3, -0.25) is 14.4 Å². The number of anilines is 2. The van der Waals surface area contributed by atoms with E-state index in [0.717, 1.165) is 16.8 Å². The lowest BCUT2D eigenvalue weighted by Crippen LogP contribution is -2.33.